The summed E-state index contributed by atoms with van der Waals surface area (Å²) in [6.07, 6.45) is 1.98. The molecule has 0 saturated carbocycles. The highest BCUT2D eigenvalue weighted by Gasteiger charge is 2.51. The third-order valence-corrected chi connectivity index (χ3v) is 12.7. The summed E-state index contributed by atoms with van der Waals surface area (Å²) < 4.78 is 104. The van der Waals surface area contributed by atoms with Crippen molar-refractivity contribution in [2.24, 2.45) is 4.40 Å². The first-order chi connectivity index (χ1) is 18.4. The van der Waals surface area contributed by atoms with Crippen LogP contribution in [0.25, 0.3) is 10.2 Å². The topological polar surface area (TPSA) is 211 Å². The van der Waals surface area contributed by atoms with Crippen LogP contribution in [0, 0.1) is 0 Å². The van der Waals surface area contributed by atoms with Crippen LogP contribution in [0.2, 0.25) is 0 Å². The van der Waals surface area contributed by atoms with Crippen molar-refractivity contribution in [3.8, 4) is 0 Å². The third kappa shape index (κ3) is 5.26. The Morgan fingerprint density at radius 1 is 1.00 bits per heavy atom. The predicted octanol–water partition coefficient (Wildman–Crippen LogP) is 0.621. The van der Waals surface area contributed by atoms with Gasteiger partial charge in [0.05, 0.1) is 25.7 Å². The molecule has 2 aromatic carbocycles. The smallest absolute Gasteiger partial charge is 0.274 e. The molecule has 1 amide bonds. The second-order valence-electron chi connectivity index (χ2n) is 8.69. The molecular formula is C20H16N4O10S6. The Morgan fingerprint density at radius 2 is 1.62 bits per heavy atom. The molecule has 1 N–H and O–H groups in total. The van der Waals surface area contributed by atoms with Crippen LogP contribution in [-0.2, 0) is 49.3 Å². The summed E-state index contributed by atoms with van der Waals surface area (Å²) >= 11 is 1.50. The van der Waals surface area contributed by atoms with E-state index in [4.69, 9.17) is 0 Å². The van der Waals surface area contributed by atoms with E-state index in [1.165, 1.54) is 36.4 Å². The Morgan fingerprint density at radius 3 is 2.27 bits per heavy atom. The van der Waals surface area contributed by atoms with Gasteiger partial charge in [-0.2, -0.15) is 0 Å². The van der Waals surface area contributed by atoms with Crippen molar-refractivity contribution >= 4 is 101 Å². The van der Waals surface area contributed by atoms with Gasteiger partial charge >= 0.3 is 0 Å². The maximum absolute atomic E-state index is 13.2. The van der Waals surface area contributed by atoms with Crippen LogP contribution in [0.15, 0.2) is 55.5 Å². The zero-order valence-corrected chi connectivity index (χ0v) is 25.0. The van der Waals surface area contributed by atoms with Crippen LogP contribution in [0.1, 0.15) is 0 Å². The number of sulfonamides is 2. The van der Waals surface area contributed by atoms with Crippen molar-refractivity contribution in [1.29, 1.82) is 0 Å². The molecule has 2 aliphatic rings. The number of Topliss-reactive ketones (excluding diaryl/α,β-unsaturated/α-hetero) is 1. The van der Waals surface area contributed by atoms with Gasteiger partial charge in [0.2, 0.25) is 15.3 Å². The minimum atomic E-state index is -4.82. The molecule has 1 atom stereocenters. The lowest BCUT2D eigenvalue weighted by Gasteiger charge is -2.25. The molecule has 20 heteroatoms. The molecule has 0 aliphatic carbocycles. The number of aromatic nitrogens is 1. The molecule has 0 radical (unpaired) electrons. The average molecular weight is 665 g/mol. The van der Waals surface area contributed by atoms with Crippen LogP contribution in [0.5, 0.6) is 0 Å². The number of hydrogen-bond donors (Lipinski definition) is 1. The van der Waals surface area contributed by atoms with E-state index < -0.39 is 62.4 Å². The maximum atomic E-state index is 13.2. The largest absolute Gasteiger partial charge is 0.296 e. The maximum Gasteiger partial charge on any atom is 0.274 e. The first-order valence-corrected chi connectivity index (χ1v) is 19.3. The van der Waals surface area contributed by atoms with E-state index in [-0.39, 0.29) is 36.2 Å². The summed E-state index contributed by atoms with van der Waals surface area (Å²) in [6.45, 7) is 0. The number of rotatable bonds is 7. The number of sulfone groups is 2. The summed E-state index contributed by atoms with van der Waals surface area (Å²) in [7, 11) is -16.5. The highest BCUT2D eigenvalue weighted by atomic mass is 32.2. The number of hydrogen-bond acceptors (Lipinski definition) is 13. The van der Waals surface area contributed by atoms with E-state index in [9.17, 15) is 43.3 Å². The van der Waals surface area contributed by atoms with Gasteiger partial charge in [-0.3, -0.25) is 19.2 Å². The van der Waals surface area contributed by atoms with Crippen LogP contribution >= 0.6 is 23.1 Å². The first kappa shape index (κ1) is 28.6. The van der Waals surface area contributed by atoms with Gasteiger partial charge in [-0.15, -0.1) is 4.40 Å². The fourth-order valence-corrected chi connectivity index (χ4v) is 10.2. The van der Waals surface area contributed by atoms with E-state index >= 15 is 0 Å². The minimum absolute atomic E-state index is 0.0108. The van der Waals surface area contributed by atoms with Crippen LogP contribution < -0.4 is 9.62 Å². The van der Waals surface area contributed by atoms with Gasteiger partial charge in [0.1, 0.15) is 5.75 Å². The van der Waals surface area contributed by atoms with Crippen molar-refractivity contribution in [1.82, 2.24) is 4.98 Å². The Bertz CT molecular complexity index is 2120. The fourth-order valence-electron chi connectivity index (χ4n) is 3.83. The minimum Gasteiger partial charge on any atom is -0.296 e. The second kappa shape index (κ2) is 9.31. The van der Waals surface area contributed by atoms with Gasteiger partial charge in [-0.25, -0.2) is 38.7 Å². The van der Waals surface area contributed by atoms with Gasteiger partial charge in [0.15, 0.2) is 35.8 Å². The molecule has 3 aromatic rings. The van der Waals surface area contributed by atoms with Gasteiger partial charge in [-0.05, 0) is 48.2 Å². The van der Waals surface area contributed by atoms with Crippen molar-refractivity contribution in [2.75, 3.05) is 27.9 Å². The molecule has 3 heterocycles. The average Bonchev–Trinajstić information content (AvgIpc) is 3.34. The number of anilines is 2. The van der Waals surface area contributed by atoms with E-state index in [1.54, 1.807) is 0 Å². The van der Waals surface area contributed by atoms with Gasteiger partial charge in [-0.1, -0.05) is 11.3 Å². The number of carbonyl (C=O) groups is 2. The number of carbonyl (C=O) groups excluding carboxylic acids is 2. The number of nitrogens with one attached hydrogen (secondary N) is 1. The normalized spacial score (nSPS) is 18.8. The SMILES string of the molecule is CS(=O)(=O)c1ccc2c(c1)SC1=NS(=O)(=O)C(C(=O)CS(=O)(=O)Nc3nc4ccc(S(C)(=O)=O)cc4s3)C(=O)N12. The quantitative estimate of drug-likeness (QED) is 0.345. The number of fused-ring (bicyclic) bond motifs is 4. The molecular weight excluding hydrogens is 649 g/mol. The molecule has 0 bridgehead atoms. The van der Waals surface area contributed by atoms with Crippen molar-refractivity contribution < 1.29 is 43.3 Å². The van der Waals surface area contributed by atoms with E-state index in [1.807, 2.05) is 0 Å². The van der Waals surface area contributed by atoms with E-state index in [0.29, 0.717) is 16.5 Å². The zero-order valence-electron chi connectivity index (χ0n) is 20.1. The number of ketones is 1. The highest BCUT2D eigenvalue weighted by Crippen LogP contribution is 2.44. The van der Waals surface area contributed by atoms with E-state index in [0.717, 1.165) is 28.7 Å². The lowest BCUT2D eigenvalue weighted by atomic mass is 10.2. The van der Waals surface area contributed by atoms with Crippen molar-refractivity contribution in [2.45, 2.75) is 19.9 Å². The molecule has 2 aliphatic heterocycles. The predicted molar refractivity (Wildman–Crippen MR) is 148 cm³/mol. The zero-order chi connectivity index (χ0) is 29.4. The van der Waals surface area contributed by atoms with Crippen LogP contribution in [0.4, 0.5) is 10.8 Å². The van der Waals surface area contributed by atoms with Gasteiger partial charge < -0.3 is 0 Å². The van der Waals surface area contributed by atoms with E-state index in [2.05, 4.69) is 14.1 Å². The molecule has 0 fully saturated rings. The van der Waals surface area contributed by atoms with Crippen molar-refractivity contribution in [3.05, 3.63) is 36.4 Å². The monoisotopic (exact) mass is 664 g/mol. The number of amidine groups is 1. The van der Waals surface area contributed by atoms with Crippen LogP contribution in [-0.4, -0.2) is 79.0 Å². The molecule has 212 valence electrons. The Kier molecular flexibility index (Phi) is 6.66. The summed E-state index contributed by atoms with van der Waals surface area (Å²) in [5.74, 6) is -4.12. The highest BCUT2D eigenvalue weighted by molar-refractivity contribution is 8.15. The number of benzene rings is 2. The lowest BCUT2D eigenvalue weighted by molar-refractivity contribution is -0.124. The Hall–Kier alpha value is -2.91. The molecule has 14 nitrogen and oxygen atoms in total. The summed E-state index contributed by atoms with van der Waals surface area (Å²) in [6, 6.07) is 7.68. The first-order valence-electron chi connectivity index (χ1n) is 10.7. The summed E-state index contributed by atoms with van der Waals surface area (Å²) in [5.41, 5.74) is 0.371. The Balaban J connectivity index is 1.40. The van der Waals surface area contributed by atoms with Gasteiger partial charge in [0, 0.05) is 17.4 Å². The second-order valence-corrected chi connectivity index (χ2v) is 18.2. The lowest BCUT2D eigenvalue weighted by Crippen LogP contribution is -2.53. The third-order valence-electron chi connectivity index (χ3n) is 5.60. The van der Waals surface area contributed by atoms with Gasteiger partial charge in [0.25, 0.3) is 15.9 Å². The molecule has 1 aromatic heterocycles. The molecule has 0 spiro atoms. The molecule has 5 rings (SSSR count). The fraction of sp³-hybridized carbons (Fsp3) is 0.200. The standard InChI is InChI=1S/C20H16N4O10S6/c1-37(27,28)10-3-5-12-15(7-10)35-19(21-12)22-39(31,32)9-14(25)17-18(26)24-13-6-4-11(38(2,29)30)8-16(13)36-20(24)23-40(17,33)34/h3-8,17H,9H2,1-2H3,(H,21,22). The van der Waals surface area contributed by atoms with Crippen molar-refractivity contribution in [3.63, 3.8) is 0 Å². The molecule has 0 saturated heterocycles. The Labute approximate surface area is 236 Å². The number of nitrogens with zero attached hydrogens (tertiary/aromatic N) is 3. The number of amides is 1. The molecule has 1 unspecified atom stereocenters. The molecule has 40 heavy (non-hydrogen) atoms. The number of thiazole rings is 1. The summed E-state index contributed by atoms with van der Waals surface area (Å²) in [5, 5.41) is -2.99. The van der Waals surface area contributed by atoms with Crippen LogP contribution in [0.3, 0.4) is 0 Å². The number of thioether (sulfide) groups is 1. The summed E-state index contributed by atoms with van der Waals surface area (Å²) in [4.78, 5) is 31.2.